The lowest BCUT2D eigenvalue weighted by Gasteiger charge is -1.93. The van der Waals surface area contributed by atoms with Crippen LogP contribution >= 0.6 is 22.9 Å². The molecule has 0 spiro atoms. The van der Waals surface area contributed by atoms with Crippen LogP contribution in [0.5, 0.6) is 0 Å². The fourth-order valence-electron chi connectivity index (χ4n) is 1.28. The van der Waals surface area contributed by atoms with Crippen LogP contribution in [0.4, 0.5) is 0 Å². The van der Waals surface area contributed by atoms with Crippen LogP contribution in [0.2, 0.25) is 4.34 Å². The van der Waals surface area contributed by atoms with Crippen LogP contribution in [0.3, 0.4) is 0 Å². The molecule has 15 heavy (non-hydrogen) atoms. The Hall–Kier alpha value is -1.32. The number of hydrogen-bond donors (Lipinski definition) is 1. The molecule has 0 amide bonds. The first-order valence-electron chi connectivity index (χ1n) is 4.33. The zero-order valence-electron chi connectivity index (χ0n) is 7.72. The third kappa shape index (κ3) is 2.19. The number of thiophene rings is 1. The van der Waals surface area contributed by atoms with E-state index in [9.17, 15) is 0 Å². The topological polar surface area (TPSA) is 32.6 Å². The highest BCUT2D eigenvalue weighted by Crippen LogP contribution is 2.33. The molecule has 0 aliphatic heterocycles. The van der Waals surface area contributed by atoms with Crippen LogP contribution in [0, 0.1) is 0 Å². The maximum atomic E-state index is 8.44. The first-order valence-corrected chi connectivity index (χ1v) is 5.53. The predicted molar refractivity (Wildman–Crippen MR) is 64.1 cm³/mol. The van der Waals surface area contributed by atoms with E-state index >= 15 is 0 Å². The van der Waals surface area contributed by atoms with Gasteiger partial charge in [0.1, 0.15) is 4.34 Å². The lowest BCUT2D eigenvalue weighted by molar-refractivity contribution is 0.322. The van der Waals surface area contributed by atoms with Crippen molar-refractivity contribution >= 4 is 29.2 Å². The van der Waals surface area contributed by atoms with Crippen molar-refractivity contribution in [1.82, 2.24) is 0 Å². The minimum absolute atomic E-state index is 0.631. The highest BCUT2D eigenvalue weighted by Gasteiger charge is 2.06. The summed E-state index contributed by atoms with van der Waals surface area (Å²) in [5.74, 6) is 0. The second-order valence-corrected chi connectivity index (χ2v) is 4.60. The van der Waals surface area contributed by atoms with Crippen molar-refractivity contribution in [1.29, 1.82) is 0 Å². The van der Waals surface area contributed by atoms with Gasteiger partial charge in [0.25, 0.3) is 0 Å². The molecule has 2 aromatic rings. The van der Waals surface area contributed by atoms with Crippen LogP contribution in [0.25, 0.3) is 10.4 Å². The summed E-state index contributed by atoms with van der Waals surface area (Å²) < 4.78 is 0.631. The molecule has 0 radical (unpaired) electrons. The Labute approximate surface area is 96.4 Å². The van der Waals surface area contributed by atoms with Crippen molar-refractivity contribution in [2.45, 2.75) is 0 Å². The van der Waals surface area contributed by atoms with Gasteiger partial charge in [0, 0.05) is 10.4 Å². The summed E-state index contributed by atoms with van der Waals surface area (Å²) in [6, 6.07) is 11.9. The van der Waals surface area contributed by atoms with Crippen molar-refractivity contribution in [2.24, 2.45) is 5.16 Å². The smallest absolute Gasteiger partial charge is 0.102 e. The van der Waals surface area contributed by atoms with Crippen molar-refractivity contribution in [3.63, 3.8) is 0 Å². The molecule has 0 saturated heterocycles. The van der Waals surface area contributed by atoms with Gasteiger partial charge in [-0.15, -0.1) is 11.3 Å². The number of hydrogen-bond acceptors (Lipinski definition) is 3. The van der Waals surface area contributed by atoms with Gasteiger partial charge < -0.3 is 5.21 Å². The highest BCUT2D eigenvalue weighted by atomic mass is 35.5. The van der Waals surface area contributed by atoms with Crippen LogP contribution in [-0.4, -0.2) is 11.4 Å². The highest BCUT2D eigenvalue weighted by molar-refractivity contribution is 7.19. The molecule has 1 heterocycles. The van der Waals surface area contributed by atoms with Gasteiger partial charge in [0.05, 0.1) is 6.21 Å². The first-order chi connectivity index (χ1) is 7.31. The molecular weight excluding hydrogens is 230 g/mol. The molecule has 0 aliphatic carbocycles. The van der Waals surface area contributed by atoms with Gasteiger partial charge in [-0.3, -0.25) is 0 Å². The fraction of sp³-hybridized carbons (Fsp3) is 0. The van der Waals surface area contributed by atoms with Gasteiger partial charge in [0.15, 0.2) is 0 Å². The van der Waals surface area contributed by atoms with Crippen LogP contribution in [-0.2, 0) is 0 Å². The average Bonchev–Trinajstić information content (AvgIpc) is 2.63. The van der Waals surface area contributed by atoms with E-state index in [1.807, 2.05) is 36.4 Å². The molecule has 0 unspecified atom stereocenters. The molecular formula is C11H8ClNOS. The Morgan fingerprint density at radius 3 is 2.67 bits per heavy atom. The fourth-order valence-corrected chi connectivity index (χ4v) is 2.49. The minimum atomic E-state index is 0.631. The third-order valence-corrected chi connectivity index (χ3v) is 3.41. The molecule has 1 N–H and O–H groups in total. The van der Waals surface area contributed by atoms with E-state index < -0.39 is 0 Å². The first kappa shape index (κ1) is 10.2. The molecule has 2 rings (SSSR count). The van der Waals surface area contributed by atoms with Crippen molar-refractivity contribution in [3.8, 4) is 10.4 Å². The maximum Gasteiger partial charge on any atom is 0.102 e. The van der Waals surface area contributed by atoms with E-state index in [-0.39, 0.29) is 0 Å². The number of halogens is 1. The Morgan fingerprint density at radius 1 is 1.27 bits per heavy atom. The van der Waals surface area contributed by atoms with Gasteiger partial charge in [-0.25, -0.2) is 0 Å². The molecule has 0 bridgehead atoms. The molecule has 2 nitrogen and oxygen atoms in total. The SMILES string of the molecule is ON=Cc1cc(-c2ccccc2)sc1Cl. The molecule has 0 saturated carbocycles. The molecule has 1 aromatic carbocycles. The minimum Gasteiger partial charge on any atom is -0.411 e. The third-order valence-electron chi connectivity index (χ3n) is 1.97. The van der Waals surface area contributed by atoms with Crippen LogP contribution in [0.1, 0.15) is 5.56 Å². The monoisotopic (exact) mass is 237 g/mol. The Bertz CT molecular complexity index is 479. The molecule has 0 atom stereocenters. The van der Waals surface area contributed by atoms with Gasteiger partial charge >= 0.3 is 0 Å². The lowest BCUT2D eigenvalue weighted by Crippen LogP contribution is -1.75. The number of benzene rings is 1. The lowest BCUT2D eigenvalue weighted by atomic mass is 10.2. The Kier molecular flexibility index (Phi) is 3.04. The van der Waals surface area contributed by atoms with Gasteiger partial charge in [-0.05, 0) is 11.6 Å². The second-order valence-electron chi connectivity index (χ2n) is 2.95. The summed E-state index contributed by atoms with van der Waals surface area (Å²) in [7, 11) is 0. The van der Waals surface area contributed by atoms with E-state index in [0.717, 1.165) is 16.0 Å². The average molecular weight is 238 g/mol. The predicted octanol–water partition coefficient (Wildman–Crippen LogP) is 3.88. The maximum absolute atomic E-state index is 8.44. The summed E-state index contributed by atoms with van der Waals surface area (Å²) in [6.07, 6.45) is 1.34. The zero-order valence-corrected chi connectivity index (χ0v) is 9.29. The van der Waals surface area contributed by atoms with Gasteiger partial charge in [0.2, 0.25) is 0 Å². The van der Waals surface area contributed by atoms with E-state index in [1.54, 1.807) is 0 Å². The number of rotatable bonds is 2. The largest absolute Gasteiger partial charge is 0.411 e. The Morgan fingerprint density at radius 2 is 2.00 bits per heavy atom. The summed E-state index contributed by atoms with van der Waals surface area (Å²) in [5.41, 5.74) is 1.85. The van der Waals surface area contributed by atoms with E-state index in [1.165, 1.54) is 17.6 Å². The van der Waals surface area contributed by atoms with Crippen LogP contribution in [0.15, 0.2) is 41.6 Å². The normalized spacial score (nSPS) is 11.0. The number of nitrogens with zero attached hydrogens (tertiary/aromatic N) is 1. The molecule has 4 heteroatoms. The quantitative estimate of drug-likeness (QED) is 0.480. The summed E-state index contributed by atoms with van der Waals surface area (Å²) in [6.45, 7) is 0. The molecule has 0 aliphatic rings. The molecule has 76 valence electrons. The van der Waals surface area contributed by atoms with Gasteiger partial charge in [-0.2, -0.15) is 0 Å². The summed E-state index contributed by atoms with van der Waals surface area (Å²) in [4.78, 5) is 1.07. The van der Waals surface area contributed by atoms with Crippen molar-refractivity contribution in [3.05, 3.63) is 46.3 Å². The number of oxime groups is 1. The summed E-state index contributed by atoms with van der Waals surface area (Å²) >= 11 is 7.46. The van der Waals surface area contributed by atoms with E-state index in [0.29, 0.717) is 4.34 Å². The zero-order chi connectivity index (χ0) is 10.7. The Balaban J connectivity index is 2.43. The second kappa shape index (κ2) is 4.47. The van der Waals surface area contributed by atoms with Crippen molar-refractivity contribution in [2.75, 3.05) is 0 Å². The summed E-state index contributed by atoms with van der Waals surface area (Å²) in [5, 5.41) is 11.4. The van der Waals surface area contributed by atoms with Crippen molar-refractivity contribution < 1.29 is 5.21 Å². The standard InChI is InChI=1S/C11H8ClNOS/c12-11-9(7-13-14)6-10(15-11)8-4-2-1-3-5-8/h1-7,14H. The van der Waals surface area contributed by atoms with Crippen LogP contribution < -0.4 is 0 Å². The van der Waals surface area contributed by atoms with Gasteiger partial charge in [-0.1, -0.05) is 47.1 Å². The molecule has 0 fully saturated rings. The van der Waals surface area contributed by atoms with E-state index in [4.69, 9.17) is 16.8 Å². The van der Waals surface area contributed by atoms with E-state index in [2.05, 4.69) is 5.16 Å². The molecule has 1 aromatic heterocycles.